The van der Waals surface area contributed by atoms with Crippen molar-refractivity contribution in [3.05, 3.63) is 47.8 Å². The van der Waals surface area contributed by atoms with Gasteiger partial charge in [0.2, 0.25) is 11.7 Å². The van der Waals surface area contributed by atoms with E-state index in [0.29, 0.717) is 23.1 Å². The predicted molar refractivity (Wildman–Crippen MR) is 117 cm³/mol. The summed E-state index contributed by atoms with van der Waals surface area (Å²) in [6, 6.07) is 13.7. The van der Waals surface area contributed by atoms with Crippen molar-refractivity contribution in [3.8, 4) is 28.5 Å². The molecule has 0 aliphatic heterocycles. The van der Waals surface area contributed by atoms with Gasteiger partial charge in [-0.3, -0.25) is 0 Å². The first-order valence-electron chi connectivity index (χ1n) is 8.81. The molecule has 0 unspecified atom stereocenters. The number of nitrogen functional groups attached to an aromatic ring is 1. The maximum atomic E-state index is 5.99. The number of nitrogens with one attached hydrogen (secondary N) is 1. The largest absolute Gasteiger partial charge is 0.493 e. The van der Waals surface area contributed by atoms with Gasteiger partial charge < -0.3 is 25.3 Å². The van der Waals surface area contributed by atoms with E-state index in [2.05, 4.69) is 32.8 Å². The topological polar surface area (TPSA) is 91.5 Å². The molecule has 0 fully saturated rings. The molecule has 2 heterocycles. The Morgan fingerprint density at radius 1 is 0.931 bits per heavy atom. The van der Waals surface area contributed by atoms with Gasteiger partial charge >= 0.3 is 0 Å². The van der Waals surface area contributed by atoms with Gasteiger partial charge in [0.1, 0.15) is 5.82 Å². The zero-order valence-electron chi connectivity index (χ0n) is 16.2. The van der Waals surface area contributed by atoms with Crippen LogP contribution >= 0.6 is 11.3 Å². The Balaban J connectivity index is 1.74. The van der Waals surface area contributed by atoms with Gasteiger partial charge in [-0.25, -0.2) is 4.98 Å². The molecular formula is C21H20N4O3S. The van der Waals surface area contributed by atoms with Crippen LogP contribution in [0, 0.1) is 0 Å². The van der Waals surface area contributed by atoms with Gasteiger partial charge in [-0.05, 0) is 6.07 Å². The molecule has 0 amide bonds. The Labute approximate surface area is 172 Å². The van der Waals surface area contributed by atoms with Crippen LogP contribution in [0.4, 0.5) is 17.5 Å². The molecule has 8 heteroatoms. The van der Waals surface area contributed by atoms with E-state index in [4.69, 9.17) is 19.9 Å². The average molecular weight is 408 g/mol. The standard InChI is InChI=1S/C21H20N4O3S/c1-26-16-8-12(9-17(27-2)20(16)28-3)23-19-10-15(24-21(22)25-19)14-11-29-18-7-5-4-6-13(14)18/h4-11H,1-3H3,(H3,22,23,24,25). The Bertz CT molecular complexity index is 1150. The number of hydrogen-bond donors (Lipinski definition) is 2. The molecule has 0 atom stereocenters. The number of nitrogens with zero attached hydrogens (tertiary/aromatic N) is 2. The van der Waals surface area contributed by atoms with Crippen molar-refractivity contribution in [2.75, 3.05) is 32.4 Å². The van der Waals surface area contributed by atoms with E-state index in [-0.39, 0.29) is 5.95 Å². The molecule has 3 N–H and O–H groups in total. The molecule has 7 nitrogen and oxygen atoms in total. The summed E-state index contributed by atoms with van der Waals surface area (Å²) in [6.07, 6.45) is 0. The maximum Gasteiger partial charge on any atom is 0.222 e. The van der Waals surface area contributed by atoms with E-state index in [1.54, 1.807) is 44.8 Å². The highest BCUT2D eigenvalue weighted by Gasteiger charge is 2.15. The lowest BCUT2D eigenvalue weighted by molar-refractivity contribution is 0.324. The average Bonchev–Trinajstić information content (AvgIpc) is 3.16. The monoisotopic (exact) mass is 408 g/mol. The number of fused-ring (bicyclic) bond motifs is 1. The number of thiophene rings is 1. The van der Waals surface area contributed by atoms with Gasteiger partial charge in [-0.15, -0.1) is 11.3 Å². The van der Waals surface area contributed by atoms with Crippen LogP contribution < -0.4 is 25.3 Å². The van der Waals surface area contributed by atoms with Gasteiger partial charge in [0, 0.05) is 44.9 Å². The molecule has 2 aromatic heterocycles. The van der Waals surface area contributed by atoms with Crippen LogP contribution in [-0.4, -0.2) is 31.3 Å². The number of rotatable bonds is 6. The first-order valence-corrected chi connectivity index (χ1v) is 9.69. The second-order valence-corrected chi connectivity index (χ2v) is 7.09. The summed E-state index contributed by atoms with van der Waals surface area (Å²) in [4.78, 5) is 8.75. The van der Waals surface area contributed by atoms with Crippen molar-refractivity contribution in [1.29, 1.82) is 0 Å². The molecule has 0 aliphatic rings. The number of methoxy groups -OCH3 is 3. The molecule has 4 rings (SSSR count). The van der Waals surface area contributed by atoms with Gasteiger partial charge in [-0.1, -0.05) is 18.2 Å². The van der Waals surface area contributed by atoms with Gasteiger partial charge in [0.15, 0.2) is 11.5 Å². The maximum absolute atomic E-state index is 5.99. The summed E-state index contributed by atoms with van der Waals surface area (Å²) in [5.74, 6) is 2.36. The number of ether oxygens (including phenoxy) is 3. The number of hydrogen-bond acceptors (Lipinski definition) is 8. The van der Waals surface area contributed by atoms with E-state index in [0.717, 1.165) is 22.3 Å². The normalized spacial score (nSPS) is 10.7. The van der Waals surface area contributed by atoms with Crippen LogP contribution in [0.5, 0.6) is 17.2 Å². The van der Waals surface area contributed by atoms with Crippen LogP contribution in [0.1, 0.15) is 0 Å². The van der Waals surface area contributed by atoms with Gasteiger partial charge in [-0.2, -0.15) is 4.98 Å². The fraction of sp³-hybridized carbons (Fsp3) is 0.143. The fourth-order valence-corrected chi connectivity index (χ4v) is 4.10. The highest BCUT2D eigenvalue weighted by molar-refractivity contribution is 7.17. The summed E-state index contributed by atoms with van der Waals surface area (Å²) in [7, 11) is 4.71. The third-order valence-electron chi connectivity index (χ3n) is 4.44. The number of anilines is 3. The lowest BCUT2D eigenvalue weighted by atomic mass is 10.1. The number of nitrogens with two attached hydrogens (primary N) is 1. The summed E-state index contributed by atoms with van der Waals surface area (Å²) >= 11 is 1.67. The van der Waals surface area contributed by atoms with E-state index < -0.39 is 0 Å². The number of aromatic nitrogens is 2. The van der Waals surface area contributed by atoms with Crippen LogP contribution in [0.15, 0.2) is 47.8 Å². The number of benzene rings is 2. The van der Waals surface area contributed by atoms with Gasteiger partial charge in [0.05, 0.1) is 27.0 Å². The minimum atomic E-state index is 0.188. The fourth-order valence-electron chi connectivity index (χ4n) is 3.15. The lowest BCUT2D eigenvalue weighted by Crippen LogP contribution is -2.02. The molecule has 4 aromatic rings. The third-order valence-corrected chi connectivity index (χ3v) is 5.40. The first-order chi connectivity index (χ1) is 14.1. The first kappa shape index (κ1) is 18.8. The van der Waals surface area contributed by atoms with Crippen molar-refractivity contribution < 1.29 is 14.2 Å². The predicted octanol–water partition coefficient (Wildman–Crippen LogP) is 4.71. The van der Waals surface area contributed by atoms with Crippen LogP contribution in [0.3, 0.4) is 0 Å². The van der Waals surface area contributed by atoms with Gasteiger partial charge in [0.25, 0.3) is 0 Å². The van der Waals surface area contributed by atoms with Crippen molar-refractivity contribution in [1.82, 2.24) is 9.97 Å². The highest BCUT2D eigenvalue weighted by Crippen LogP contribution is 2.41. The van der Waals surface area contributed by atoms with Crippen molar-refractivity contribution in [2.45, 2.75) is 0 Å². The van der Waals surface area contributed by atoms with Crippen molar-refractivity contribution in [2.24, 2.45) is 0 Å². The summed E-state index contributed by atoms with van der Waals surface area (Å²) < 4.78 is 17.4. The highest BCUT2D eigenvalue weighted by atomic mass is 32.1. The molecule has 0 bridgehead atoms. The second-order valence-electron chi connectivity index (χ2n) is 6.18. The quantitative estimate of drug-likeness (QED) is 0.477. The molecule has 0 spiro atoms. The Morgan fingerprint density at radius 2 is 1.66 bits per heavy atom. The van der Waals surface area contributed by atoms with Crippen molar-refractivity contribution >= 4 is 38.9 Å². The Morgan fingerprint density at radius 3 is 2.34 bits per heavy atom. The van der Waals surface area contributed by atoms with Crippen LogP contribution in [-0.2, 0) is 0 Å². The molecule has 0 saturated heterocycles. The van der Waals surface area contributed by atoms with E-state index in [1.807, 2.05) is 18.2 Å². The smallest absolute Gasteiger partial charge is 0.222 e. The molecule has 29 heavy (non-hydrogen) atoms. The second kappa shape index (κ2) is 7.84. The SMILES string of the molecule is COc1cc(Nc2cc(-c3csc4ccccc34)nc(N)n2)cc(OC)c1OC. The molecular weight excluding hydrogens is 388 g/mol. The summed E-state index contributed by atoms with van der Waals surface area (Å²) in [5.41, 5.74) is 8.49. The molecule has 0 radical (unpaired) electrons. The van der Waals surface area contributed by atoms with E-state index in [1.165, 1.54) is 4.70 Å². The Kier molecular flexibility index (Phi) is 5.09. The summed E-state index contributed by atoms with van der Waals surface area (Å²) in [5, 5.41) is 6.47. The molecule has 2 aromatic carbocycles. The molecule has 148 valence electrons. The van der Waals surface area contributed by atoms with E-state index >= 15 is 0 Å². The summed E-state index contributed by atoms with van der Waals surface area (Å²) in [6.45, 7) is 0. The Hall–Kier alpha value is -3.52. The van der Waals surface area contributed by atoms with Crippen LogP contribution in [0.25, 0.3) is 21.3 Å². The minimum absolute atomic E-state index is 0.188. The zero-order valence-corrected chi connectivity index (χ0v) is 17.0. The third kappa shape index (κ3) is 3.62. The zero-order chi connectivity index (χ0) is 20.4. The minimum Gasteiger partial charge on any atom is -0.493 e. The van der Waals surface area contributed by atoms with E-state index in [9.17, 15) is 0 Å². The lowest BCUT2D eigenvalue weighted by Gasteiger charge is -2.15. The van der Waals surface area contributed by atoms with Crippen LogP contribution in [0.2, 0.25) is 0 Å². The van der Waals surface area contributed by atoms with Crippen molar-refractivity contribution in [3.63, 3.8) is 0 Å². The molecule has 0 aliphatic carbocycles. The molecule has 0 saturated carbocycles.